The molecule has 194 valence electrons. The molecular formula is C30H37N5O2. The number of hydrogen-bond donors (Lipinski definition) is 1. The number of piperidine rings is 1. The fourth-order valence-electron chi connectivity index (χ4n) is 6.92. The third kappa shape index (κ3) is 4.65. The number of carbonyl (C=O) groups is 2. The van der Waals surface area contributed by atoms with E-state index in [9.17, 15) is 9.59 Å². The molecule has 2 unspecified atom stereocenters. The van der Waals surface area contributed by atoms with Crippen LogP contribution in [0.3, 0.4) is 0 Å². The van der Waals surface area contributed by atoms with Gasteiger partial charge in [-0.3, -0.25) is 14.5 Å². The molecule has 2 bridgehead atoms. The summed E-state index contributed by atoms with van der Waals surface area (Å²) in [4.78, 5) is 33.8. The number of para-hydroxylation sites is 2. The number of aromatic nitrogens is 2. The largest absolute Gasteiger partial charge is 0.349 e. The fraction of sp³-hybridized carbons (Fsp3) is 0.500. The Balaban J connectivity index is 1.12. The van der Waals surface area contributed by atoms with E-state index < -0.39 is 0 Å². The number of amides is 2. The Bertz CT molecular complexity index is 1270. The molecule has 2 aromatic carbocycles. The van der Waals surface area contributed by atoms with Crippen LogP contribution in [0.15, 0.2) is 54.6 Å². The fourth-order valence-corrected chi connectivity index (χ4v) is 6.92. The van der Waals surface area contributed by atoms with Crippen molar-refractivity contribution >= 4 is 22.8 Å². The van der Waals surface area contributed by atoms with Crippen LogP contribution >= 0.6 is 0 Å². The molecule has 0 radical (unpaired) electrons. The summed E-state index contributed by atoms with van der Waals surface area (Å²) in [6.07, 6.45) is 5.70. The highest BCUT2D eigenvalue weighted by Crippen LogP contribution is 2.42. The van der Waals surface area contributed by atoms with Gasteiger partial charge in [-0.1, -0.05) is 42.5 Å². The molecule has 3 aliphatic heterocycles. The second-order valence-corrected chi connectivity index (χ2v) is 11.1. The number of aryl methyl sites for hydroxylation is 1. The summed E-state index contributed by atoms with van der Waals surface area (Å²) in [5.41, 5.74) is 3.50. The summed E-state index contributed by atoms with van der Waals surface area (Å²) in [6.45, 7) is 5.75. The highest BCUT2D eigenvalue weighted by Gasteiger charge is 2.42. The molecule has 7 nitrogen and oxygen atoms in total. The van der Waals surface area contributed by atoms with Gasteiger partial charge in [0.2, 0.25) is 11.8 Å². The van der Waals surface area contributed by atoms with Crippen LogP contribution in [0, 0.1) is 12.8 Å². The topological polar surface area (TPSA) is 70.5 Å². The molecule has 0 aliphatic carbocycles. The minimum atomic E-state index is -0.102. The molecule has 3 aromatic rings. The number of nitrogens with zero attached hydrogens (tertiary/aromatic N) is 4. The van der Waals surface area contributed by atoms with Gasteiger partial charge in [-0.15, -0.1) is 0 Å². The first-order chi connectivity index (χ1) is 18.0. The van der Waals surface area contributed by atoms with E-state index in [1.54, 1.807) is 11.8 Å². The van der Waals surface area contributed by atoms with Crippen molar-refractivity contribution in [2.24, 2.45) is 5.92 Å². The lowest BCUT2D eigenvalue weighted by Gasteiger charge is -2.41. The predicted octanol–water partition coefficient (Wildman–Crippen LogP) is 4.24. The monoisotopic (exact) mass is 499 g/mol. The first-order valence-corrected chi connectivity index (χ1v) is 13.8. The maximum absolute atomic E-state index is 13.0. The van der Waals surface area contributed by atoms with Crippen molar-refractivity contribution in [3.8, 4) is 0 Å². The molecule has 3 saturated heterocycles. The minimum Gasteiger partial charge on any atom is -0.349 e. The number of carbonyl (C=O) groups excluding carboxylic acids is 2. The Morgan fingerprint density at radius 2 is 1.65 bits per heavy atom. The molecule has 3 fully saturated rings. The van der Waals surface area contributed by atoms with Crippen LogP contribution in [0.4, 0.5) is 0 Å². The molecule has 3 aliphatic rings. The lowest BCUT2D eigenvalue weighted by atomic mass is 9.94. The van der Waals surface area contributed by atoms with Gasteiger partial charge in [-0.05, 0) is 56.7 Å². The summed E-state index contributed by atoms with van der Waals surface area (Å²) < 4.78 is 2.48. The molecular weight excluding hydrogens is 462 g/mol. The van der Waals surface area contributed by atoms with Crippen LogP contribution in [-0.4, -0.2) is 62.9 Å². The minimum absolute atomic E-state index is 0.0166. The van der Waals surface area contributed by atoms with E-state index in [-0.39, 0.29) is 23.8 Å². The van der Waals surface area contributed by atoms with Crippen molar-refractivity contribution in [2.45, 2.75) is 70.1 Å². The lowest BCUT2D eigenvalue weighted by molar-refractivity contribution is -0.141. The van der Waals surface area contributed by atoms with E-state index in [0.717, 1.165) is 42.7 Å². The van der Waals surface area contributed by atoms with Crippen molar-refractivity contribution in [1.82, 2.24) is 24.7 Å². The molecule has 2 amide bonds. The van der Waals surface area contributed by atoms with Crippen LogP contribution in [0.1, 0.15) is 62.5 Å². The van der Waals surface area contributed by atoms with E-state index in [2.05, 4.69) is 58.1 Å². The average Bonchev–Trinajstić information content (AvgIpc) is 3.31. The molecule has 6 rings (SSSR count). The van der Waals surface area contributed by atoms with Gasteiger partial charge in [-0.25, -0.2) is 4.98 Å². The molecule has 1 N–H and O–H groups in total. The van der Waals surface area contributed by atoms with Gasteiger partial charge in [-0.2, -0.15) is 0 Å². The molecule has 0 spiro atoms. The zero-order valence-corrected chi connectivity index (χ0v) is 21.8. The number of hydrogen-bond acceptors (Lipinski definition) is 4. The molecule has 7 heteroatoms. The highest BCUT2D eigenvalue weighted by molar-refractivity contribution is 5.84. The van der Waals surface area contributed by atoms with Crippen molar-refractivity contribution in [2.75, 3.05) is 19.6 Å². The third-order valence-corrected chi connectivity index (χ3v) is 8.89. The molecule has 3 atom stereocenters. The van der Waals surface area contributed by atoms with Gasteiger partial charge >= 0.3 is 0 Å². The van der Waals surface area contributed by atoms with Crippen molar-refractivity contribution in [3.63, 3.8) is 0 Å². The summed E-state index contributed by atoms with van der Waals surface area (Å²) >= 11 is 0. The van der Waals surface area contributed by atoms with Crippen molar-refractivity contribution in [1.29, 1.82) is 0 Å². The Labute approximate surface area is 218 Å². The standard InChI is InChI=1S/C30H37N5O2/c1-20-31-28-10-6-7-11-29(28)35(20)26-16-24-12-13-25(17-26)34(24)15-14-27(22-8-4-3-5-9-22)32-30(37)23-18-33(19-23)21(2)36/h3-11,23-27H,12-19H2,1-2H3,(H,32,37)/t24?,25?,26?,27-/m1/s1. The summed E-state index contributed by atoms with van der Waals surface area (Å²) in [7, 11) is 0. The smallest absolute Gasteiger partial charge is 0.227 e. The predicted molar refractivity (Wildman–Crippen MR) is 144 cm³/mol. The van der Waals surface area contributed by atoms with Gasteiger partial charge in [0.25, 0.3) is 0 Å². The molecule has 1 aromatic heterocycles. The van der Waals surface area contributed by atoms with Crippen molar-refractivity contribution in [3.05, 3.63) is 66.0 Å². The zero-order chi connectivity index (χ0) is 25.5. The Morgan fingerprint density at radius 1 is 0.973 bits per heavy atom. The third-order valence-electron chi connectivity index (χ3n) is 8.89. The van der Waals surface area contributed by atoms with E-state index in [4.69, 9.17) is 4.98 Å². The maximum Gasteiger partial charge on any atom is 0.227 e. The summed E-state index contributed by atoms with van der Waals surface area (Å²) in [6, 6.07) is 20.5. The Morgan fingerprint density at radius 3 is 2.35 bits per heavy atom. The molecule has 4 heterocycles. The second kappa shape index (κ2) is 9.93. The van der Waals surface area contributed by atoms with Crippen LogP contribution in [-0.2, 0) is 9.59 Å². The van der Waals surface area contributed by atoms with Crippen LogP contribution in [0.5, 0.6) is 0 Å². The number of nitrogens with one attached hydrogen (secondary N) is 1. The van der Waals surface area contributed by atoms with E-state index in [1.807, 2.05) is 18.2 Å². The molecule has 0 saturated carbocycles. The van der Waals surface area contributed by atoms with E-state index in [0.29, 0.717) is 31.2 Å². The van der Waals surface area contributed by atoms with Gasteiger partial charge < -0.3 is 14.8 Å². The number of fused-ring (bicyclic) bond motifs is 3. The van der Waals surface area contributed by atoms with Gasteiger partial charge in [0.05, 0.1) is 23.0 Å². The maximum atomic E-state index is 13.0. The van der Waals surface area contributed by atoms with Gasteiger partial charge in [0.1, 0.15) is 5.82 Å². The van der Waals surface area contributed by atoms with Crippen LogP contribution in [0.25, 0.3) is 11.0 Å². The van der Waals surface area contributed by atoms with Crippen molar-refractivity contribution < 1.29 is 9.59 Å². The average molecular weight is 500 g/mol. The number of benzene rings is 2. The summed E-state index contributed by atoms with van der Waals surface area (Å²) in [5, 5.41) is 3.33. The highest BCUT2D eigenvalue weighted by atomic mass is 16.2. The molecule has 37 heavy (non-hydrogen) atoms. The van der Waals surface area contributed by atoms with E-state index in [1.165, 1.54) is 18.4 Å². The number of likely N-dealkylation sites (tertiary alicyclic amines) is 1. The first-order valence-electron chi connectivity index (χ1n) is 13.8. The first kappa shape index (κ1) is 24.2. The van der Waals surface area contributed by atoms with Gasteiger partial charge in [0, 0.05) is 44.7 Å². The zero-order valence-electron chi connectivity index (χ0n) is 21.8. The summed E-state index contributed by atoms with van der Waals surface area (Å²) in [5.74, 6) is 1.12. The lowest BCUT2D eigenvalue weighted by Crippen LogP contribution is -2.55. The van der Waals surface area contributed by atoms with Crippen LogP contribution in [0.2, 0.25) is 0 Å². The van der Waals surface area contributed by atoms with Crippen LogP contribution < -0.4 is 5.32 Å². The normalized spacial score (nSPS) is 24.7. The number of imidazole rings is 1. The van der Waals surface area contributed by atoms with Gasteiger partial charge in [0.15, 0.2) is 0 Å². The number of rotatable bonds is 7. The Kier molecular flexibility index (Phi) is 6.49. The SMILES string of the molecule is CC(=O)N1CC(C(=O)N[C@H](CCN2C3CCC2CC(n2c(C)nc4ccccc42)C3)c2ccccc2)C1. The van der Waals surface area contributed by atoms with E-state index >= 15 is 0 Å². The Hall–Kier alpha value is -3.19. The quantitative estimate of drug-likeness (QED) is 0.528. The second-order valence-electron chi connectivity index (χ2n) is 11.1.